The predicted molar refractivity (Wildman–Crippen MR) is 75.3 cm³/mol. The van der Waals surface area contributed by atoms with E-state index >= 15 is 0 Å². The van der Waals surface area contributed by atoms with Crippen LogP contribution in [-0.2, 0) is 7.05 Å². The van der Waals surface area contributed by atoms with Crippen LogP contribution in [-0.4, -0.2) is 34.8 Å². The van der Waals surface area contributed by atoms with E-state index in [-0.39, 0.29) is 5.91 Å². The van der Waals surface area contributed by atoms with Gasteiger partial charge in [0.25, 0.3) is 5.91 Å². The largest absolute Gasteiger partial charge is 0.352 e. The Bertz CT molecular complexity index is 447. The van der Waals surface area contributed by atoms with Crippen molar-refractivity contribution >= 4 is 5.91 Å². The van der Waals surface area contributed by atoms with Gasteiger partial charge in [-0.05, 0) is 39.7 Å². The summed E-state index contributed by atoms with van der Waals surface area (Å²) in [6, 6.07) is 0.560. The molecule has 2 N–H and O–H groups in total. The van der Waals surface area contributed by atoms with Crippen LogP contribution in [0.4, 0.5) is 0 Å². The predicted octanol–water partition coefficient (Wildman–Crippen LogP) is 1.30. The van der Waals surface area contributed by atoms with E-state index < -0.39 is 0 Å². The molecule has 1 atom stereocenters. The average molecular weight is 264 g/mol. The highest BCUT2D eigenvalue weighted by Crippen LogP contribution is 2.12. The van der Waals surface area contributed by atoms with Gasteiger partial charge in [0.05, 0.1) is 11.3 Å². The van der Waals surface area contributed by atoms with Crippen LogP contribution in [0.15, 0.2) is 0 Å². The Morgan fingerprint density at radius 1 is 1.47 bits per heavy atom. The molecule has 5 nitrogen and oxygen atoms in total. The minimum atomic E-state index is -0.00101. The number of aryl methyl sites for hydroxylation is 2. The van der Waals surface area contributed by atoms with E-state index in [1.54, 1.807) is 4.68 Å². The minimum Gasteiger partial charge on any atom is -0.352 e. The fourth-order valence-electron chi connectivity index (χ4n) is 2.72. The number of hydrogen-bond donors (Lipinski definition) is 2. The molecule has 106 valence electrons. The highest BCUT2D eigenvalue weighted by Gasteiger charge is 2.17. The molecule has 0 aliphatic carbocycles. The molecule has 1 saturated heterocycles. The van der Waals surface area contributed by atoms with Gasteiger partial charge in [-0.3, -0.25) is 9.48 Å². The molecule has 1 aliphatic heterocycles. The van der Waals surface area contributed by atoms with Crippen molar-refractivity contribution in [2.24, 2.45) is 7.05 Å². The molecule has 1 aromatic heterocycles. The molecule has 1 aromatic rings. The van der Waals surface area contributed by atoms with Crippen LogP contribution in [0.1, 0.15) is 47.4 Å². The first-order chi connectivity index (χ1) is 9.09. The van der Waals surface area contributed by atoms with Gasteiger partial charge in [-0.1, -0.05) is 6.42 Å². The standard InChI is InChI=1S/C14H24N4O/c1-10-13(11(2)18(3)17-10)14(19)16-9-7-12-6-4-5-8-15-12/h12,15H,4-9H2,1-3H3,(H,16,19). The summed E-state index contributed by atoms with van der Waals surface area (Å²) < 4.78 is 1.76. The lowest BCUT2D eigenvalue weighted by atomic mass is 10.0. The molecule has 1 unspecified atom stereocenters. The molecule has 0 radical (unpaired) electrons. The number of hydrogen-bond acceptors (Lipinski definition) is 3. The molecule has 1 fully saturated rings. The number of carbonyl (C=O) groups is 1. The molecule has 19 heavy (non-hydrogen) atoms. The van der Waals surface area contributed by atoms with E-state index in [0.29, 0.717) is 6.04 Å². The van der Waals surface area contributed by atoms with Crippen LogP contribution in [0.5, 0.6) is 0 Å². The second kappa shape index (κ2) is 6.19. The van der Waals surface area contributed by atoms with Gasteiger partial charge < -0.3 is 10.6 Å². The molecule has 2 heterocycles. The molecule has 0 spiro atoms. The second-order valence-electron chi connectivity index (χ2n) is 5.36. The quantitative estimate of drug-likeness (QED) is 0.862. The molecule has 1 amide bonds. The monoisotopic (exact) mass is 264 g/mol. The number of nitrogens with zero attached hydrogens (tertiary/aromatic N) is 2. The Balaban J connectivity index is 1.84. The Labute approximate surface area is 114 Å². The van der Waals surface area contributed by atoms with Gasteiger partial charge in [0, 0.05) is 25.3 Å². The lowest BCUT2D eigenvalue weighted by molar-refractivity contribution is 0.0950. The summed E-state index contributed by atoms with van der Waals surface area (Å²) in [7, 11) is 1.87. The number of aromatic nitrogens is 2. The van der Waals surface area contributed by atoms with Gasteiger partial charge in [0.1, 0.15) is 0 Å². The van der Waals surface area contributed by atoms with Crippen molar-refractivity contribution in [2.75, 3.05) is 13.1 Å². The zero-order valence-corrected chi connectivity index (χ0v) is 12.1. The molecule has 0 aromatic carbocycles. The van der Waals surface area contributed by atoms with E-state index in [0.717, 1.165) is 36.5 Å². The molecule has 1 aliphatic rings. The van der Waals surface area contributed by atoms with E-state index in [1.165, 1.54) is 19.3 Å². The summed E-state index contributed by atoms with van der Waals surface area (Å²) in [4.78, 5) is 12.2. The Hall–Kier alpha value is -1.36. The third-order valence-electron chi connectivity index (χ3n) is 3.93. The van der Waals surface area contributed by atoms with E-state index in [9.17, 15) is 4.79 Å². The maximum absolute atomic E-state index is 12.2. The van der Waals surface area contributed by atoms with Crippen LogP contribution in [0.3, 0.4) is 0 Å². The topological polar surface area (TPSA) is 59.0 Å². The zero-order chi connectivity index (χ0) is 13.8. The summed E-state index contributed by atoms with van der Waals surface area (Å²) in [5.41, 5.74) is 2.44. The first-order valence-corrected chi connectivity index (χ1v) is 7.11. The van der Waals surface area contributed by atoms with Crippen LogP contribution < -0.4 is 10.6 Å². The number of carbonyl (C=O) groups excluding carboxylic acids is 1. The Kier molecular flexibility index (Phi) is 4.58. The molecule has 2 rings (SSSR count). The minimum absolute atomic E-state index is 0.00101. The normalized spacial score (nSPS) is 19.4. The Morgan fingerprint density at radius 3 is 2.84 bits per heavy atom. The number of piperidine rings is 1. The van der Waals surface area contributed by atoms with Crippen molar-refractivity contribution in [3.63, 3.8) is 0 Å². The van der Waals surface area contributed by atoms with Crippen molar-refractivity contribution in [1.29, 1.82) is 0 Å². The summed E-state index contributed by atoms with van der Waals surface area (Å²) in [6.45, 7) is 5.64. The van der Waals surface area contributed by atoms with Crippen LogP contribution in [0.25, 0.3) is 0 Å². The smallest absolute Gasteiger partial charge is 0.255 e. The van der Waals surface area contributed by atoms with Gasteiger partial charge in [0.2, 0.25) is 0 Å². The fraction of sp³-hybridized carbons (Fsp3) is 0.714. The highest BCUT2D eigenvalue weighted by atomic mass is 16.1. The summed E-state index contributed by atoms with van der Waals surface area (Å²) in [5.74, 6) is -0.00101. The van der Waals surface area contributed by atoms with Crippen molar-refractivity contribution < 1.29 is 4.79 Å². The summed E-state index contributed by atoms with van der Waals surface area (Å²) >= 11 is 0. The SMILES string of the molecule is Cc1nn(C)c(C)c1C(=O)NCCC1CCCCN1. The summed E-state index contributed by atoms with van der Waals surface area (Å²) in [6.07, 6.45) is 4.80. The lowest BCUT2D eigenvalue weighted by Crippen LogP contribution is -2.37. The van der Waals surface area contributed by atoms with Gasteiger partial charge in [0.15, 0.2) is 0 Å². The van der Waals surface area contributed by atoms with Crippen molar-refractivity contribution in [3.8, 4) is 0 Å². The van der Waals surface area contributed by atoms with Crippen LogP contribution in [0, 0.1) is 13.8 Å². The van der Waals surface area contributed by atoms with Crippen LogP contribution in [0.2, 0.25) is 0 Å². The van der Waals surface area contributed by atoms with Gasteiger partial charge in [-0.25, -0.2) is 0 Å². The third-order valence-corrected chi connectivity index (χ3v) is 3.93. The molecular weight excluding hydrogens is 240 g/mol. The Morgan fingerprint density at radius 2 is 2.26 bits per heavy atom. The lowest BCUT2D eigenvalue weighted by Gasteiger charge is -2.23. The van der Waals surface area contributed by atoms with Gasteiger partial charge >= 0.3 is 0 Å². The number of rotatable bonds is 4. The third kappa shape index (κ3) is 3.35. The molecule has 5 heteroatoms. The molecular formula is C14H24N4O. The van der Waals surface area contributed by atoms with E-state index in [4.69, 9.17) is 0 Å². The van der Waals surface area contributed by atoms with Crippen molar-refractivity contribution in [1.82, 2.24) is 20.4 Å². The van der Waals surface area contributed by atoms with E-state index in [2.05, 4.69) is 15.7 Å². The second-order valence-corrected chi connectivity index (χ2v) is 5.36. The zero-order valence-electron chi connectivity index (χ0n) is 12.1. The fourth-order valence-corrected chi connectivity index (χ4v) is 2.72. The maximum Gasteiger partial charge on any atom is 0.255 e. The van der Waals surface area contributed by atoms with Crippen LogP contribution >= 0.6 is 0 Å². The average Bonchev–Trinajstić information content (AvgIpc) is 2.64. The molecule has 0 bridgehead atoms. The highest BCUT2D eigenvalue weighted by molar-refractivity contribution is 5.96. The maximum atomic E-state index is 12.2. The van der Waals surface area contributed by atoms with Crippen molar-refractivity contribution in [2.45, 2.75) is 45.6 Å². The van der Waals surface area contributed by atoms with E-state index in [1.807, 2.05) is 20.9 Å². The molecule has 0 saturated carbocycles. The summed E-state index contributed by atoms with van der Waals surface area (Å²) in [5, 5.41) is 10.8. The van der Waals surface area contributed by atoms with Gasteiger partial charge in [-0.15, -0.1) is 0 Å². The van der Waals surface area contributed by atoms with Gasteiger partial charge in [-0.2, -0.15) is 5.10 Å². The first-order valence-electron chi connectivity index (χ1n) is 7.11. The first kappa shape index (κ1) is 14.1. The number of nitrogens with one attached hydrogen (secondary N) is 2. The number of amides is 1. The van der Waals surface area contributed by atoms with Crippen molar-refractivity contribution in [3.05, 3.63) is 17.0 Å².